The van der Waals surface area contributed by atoms with Crippen LogP contribution in [-0.4, -0.2) is 0 Å². The minimum absolute atomic E-state index is 0.723. The van der Waals surface area contributed by atoms with Gasteiger partial charge in [0.05, 0.1) is 0 Å². The standard InChI is InChI=1S/C20H41/c1-4-6-8-10-11-12-13-14-15-17-19-20(3)18-16-9-7-5-2/h20H,3-19H2,1-2H3. The topological polar surface area (TPSA) is 0 Å². The third-order valence-corrected chi connectivity index (χ3v) is 4.43. The molecule has 0 aromatic heterocycles. The van der Waals surface area contributed by atoms with Crippen molar-refractivity contribution in [2.75, 3.05) is 0 Å². The zero-order valence-corrected chi connectivity index (χ0v) is 14.6. The molecule has 0 heteroatoms. The van der Waals surface area contributed by atoms with Crippen LogP contribution in [0.4, 0.5) is 0 Å². The molecule has 0 N–H and O–H groups in total. The fraction of sp³-hybridized carbons (Fsp3) is 0.950. The second kappa shape index (κ2) is 17.1. The molecule has 20 heavy (non-hydrogen) atoms. The van der Waals surface area contributed by atoms with Crippen molar-refractivity contribution in [3.05, 3.63) is 6.92 Å². The van der Waals surface area contributed by atoms with Crippen molar-refractivity contribution in [2.24, 2.45) is 5.92 Å². The Kier molecular flexibility index (Phi) is 17.1. The van der Waals surface area contributed by atoms with E-state index in [1.54, 1.807) is 0 Å². The van der Waals surface area contributed by atoms with Crippen molar-refractivity contribution in [2.45, 2.75) is 117 Å². The predicted octanol–water partition coefficient (Wildman–Crippen LogP) is 7.72. The number of hydrogen-bond acceptors (Lipinski definition) is 0. The summed E-state index contributed by atoms with van der Waals surface area (Å²) in [5, 5.41) is 0. The first-order valence-corrected chi connectivity index (χ1v) is 9.64. The van der Waals surface area contributed by atoms with Crippen LogP contribution >= 0.6 is 0 Å². The van der Waals surface area contributed by atoms with E-state index in [4.69, 9.17) is 0 Å². The van der Waals surface area contributed by atoms with Gasteiger partial charge in [-0.25, -0.2) is 0 Å². The van der Waals surface area contributed by atoms with Crippen LogP contribution in [-0.2, 0) is 0 Å². The quantitative estimate of drug-likeness (QED) is 0.254. The van der Waals surface area contributed by atoms with Crippen LogP contribution in [0.2, 0.25) is 0 Å². The van der Waals surface area contributed by atoms with Crippen molar-refractivity contribution >= 4 is 0 Å². The Morgan fingerprint density at radius 1 is 0.500 bits per heavy atom. The van der Waals surface area contributed by atoms with Crippen LogP contribution in [0.3, 0.4) is 0 Å². The van der Waals surface area contributed by atoms with Crippen molar-refractivity contribution in [3.8, 4) is 0 Å². The Labute approximate surface area is 130 Å². The van der Waals surface area contributed by atoms with Gasteiger partial charge in [0.25, 0.3) is 0 Å². The van der Waals surface area contributed by atoms with Gasteiger partial charge in [-0.3, -0.25) is 0 Å². The Morgan fingerprint density at radius 3 is 1.20 bits per heavy atom. The zero-order chi connectivity index (χ0) is 14.9. The molecule has 0 aliphatic carbocycles. The second-order valence-corrected chi connectivity index (χ2v) is 6.69. The van der Waals surface area contributed by atoms with Crippen LogP contribution in [0.1, 0.15) is 117 Å². The molecular formula is C20H41. The molecule has 0 fully saturated rings. The van der Waals surface area contributed by atoms with Gasteiger partial charge in [0.1, 0.15) is 0 Å². The molecule has 1 unspecified atom stereocenters. The Hall–Kier alpha value is 0. The monoisotopic (exact) mass is 281 g/mol. The molecule has 0 amide bonds. The minimum atomic E-state index is 0.723. The molecule has 0 aliphatic heterocycles. The summed E-state index contributed by atoms with van der Waals surface area (Å²) in [5.41, 5.74) is 0. The summed E-state index contributed by atoms with van der Waals surface area (Å²) in [7, 11) is 0. The van der Waals surface area contributed by atoms with Gasteiger partial charge < -0.3 is 0 Å². The number of rotatable bonds is 16. The molecule has 0 heterocycles. The third-order valence-electron chi connectivity index (χ3n) is 4.43. The molecule has 0 nitrogen and oxygen atoms in total. The summed E-state index contributed by atoms with van der Waals surface area (Å²) in [5.74, 6) is 0.723. The normalized spacial score (nSPS) is 12.8. The lowest BCUT2D eigenvalue weighted by atomic mass is 9.96. The summed E-state index contributed by atoms with van der Waals surface area (Å²) in [6, 6.07) is 0. The van der Waals surface area contributed by atoms with Crippen LogP contribution in [0.25, 0.3) is 0 Å². The first-order chi connectivity index (χ1) is 9.81. The van der Waals surface area contributed by atoms with E-state index in [0.717, 1.165) is 5.92 Å². The van der Waals surface area contributed by atoms with Gasteiger partial charge in [-0.2, -0.15) is 0 Å². The second-order valence-electron chi connectivity index (χ2n) is 6.69. The van der Waals surface area contributed by atoms with Gasteiger partial charge in [0.2, 0.25) is 0 Å². The highest BCUT2D eigenvalue weighted by atomic mass is 14.1. The van der Waals surface area contributed by atoms with Gasteiger partial charge in [0.15, 0.2) is 0 Å². The van der Waals surface area contributed by atoms with E-state index >= 15 is 0 Å². The van der Waals surface area contributed by atoms with E-state index in [9.17, 15) is 0 Å². The number of unbranched alkanes of at least 4 members (excludes halogenated alkanes) is 12. The molecule has 0 rings (SSSR count). The number of hydrogen-bond donors (Lipinski definition) is 0. The molecular weight excluding hydrogens is 240 g/mol. The predicted molar refractivity (Wildman–Crippen MR) is 94.1 cm³/mol. The van der Waals surface area contributed by atoms with E-state index in [-0.39, 0.29) is 0 Å². The summed E-state index contributed by atoms with van der Waals surface area (Å²) >= 11 is 0. The molecule has 0 saturated heterocycles. The largest absolute Gasteiger partial charge is 0.0654 e. The van der Waals surface area contributed by atoms with E-state index < -0.39 is 0 Å². The van der Waals surface area contributed by atoms with E-state index in [1.807, 2.05) is 0 Å². The lowest BCUT2D eigenvalue weighted by Gasteiger charge is -2.10. The van der Waals surface area contributed by atoms with Crippen molar-refractivity contribution in [1.29, 1.82) is 0 Å². The maximum absolute atomic E-state index is 4.31. The van der Waals surface area contributed by atoms with Crippen molar-refractivity contribution < 1.29 is 0 Å². The van der Waals surface area contributed by atoms with E-state index in [0.29, 0.717) is 0 Å². The summed E-state index contributed by atoms with van der Waals surface area (Å²) < 4.78 is 0. The summed E-state index contributed by atoms with van der Waals surface area (Å²) in [4.78, 5) is 0. The third kappa shape index (κ3) is 16.1. The first kappa shape index (κ1) is 20.0. The average molecular weight is 282 g/mol. The highest BCUT2D eigenvalue weighted by Crippen LogP contribution is 2.18. The van der Waals surface area contributed by atoms with Crippen LogP contribution in [0, 0.1) is 12.8 Å². The SMILES string of the molecule is [CH2]C(CCCCCC)CCCCCCCCCCCC. The van der Waals surface area contributed by atoms with Gasteiger partial charge in [-0.05, 0) is 5.92 Å². The zero-order valence-electron chi connectivity index (χ0n) is 14.6. The minimum Gasteiger partial charge on any atom is -0.0654 e. The van der Waals surface area contributed by atoms with Crippen LogP contribution in [0.15, 0.2) is 0 Å². The first-order valence-electron chi connectivity index (χ1n) is 9.64. The van der Waals surface area contributed by atoms with Gasteiger partial charge in [-0.15, -0.1) is 0 Å². The smallest absolute Gasteiger partial charge is 0.0414 e. The molecule has 0 aromatic rings. The highest BCUT2D eigenvalue weighted by Gasteiger charge is 2.01. The lowest BCUT2D eigenvalue weighted by Crippen LogP contribution is -1.95. The Morgan fingerprint density at radius 2 is 0.800 bits per heavy atom. The molecule has 0 aromatic carbocycles. The van der Waals surface area contributed by atoms with Gasteiger partial charge in [-0.1, -0.05) is 124 Å². The highest BCUT2D eigenvalue weighted by molar-refractivity contribution is 4.62. The maximum atomic E-state index is 4.31. The fourth-order valence-corrected chi connectivity index (χ4v) is 2.92. The molecule has 0 saturated carbocycles. The van der Waals surface area contributed by atoms with E-state index in [2.05, 4.69) is 20.8 Å². The lowest BCUT2D eigenvalue weighted by molar-refractivity contribution is 0.464. The van der Waals surface area contributed by atoms with E-state index in [1.165, 1.54) is 103 Å². The molecule has 0 bridgehead atoms. The Balaban J connectivity index is 3.07. The molecule has 121 valence electrons. The molecule has 1 radical (unpaired) electrons. The summed E-state index contributed by atoms with van der Waals surface area (Å²) in [6.45, 7) is 8.89. The fourth-order valence-electron chi connectivity index (χ4n) is 2.92. The molecule has 0 aliphatic rings. The van der Waals surface area contributed by atoms with Gasteiger partial charge in [0, 0.05) is 0 Å². The van der Waals surface area contributed by atoms with Gasteiger partial charge >= 0.3 is 0 Å². The van der Waals surface area contributed by atoms with Crippen molar-refractivity contribution in [1.82, 2.24) is 0 Å². The summed E-state index contributed by atoms with van der Waals surface area (Å²) in [6.07, 6.45) is 22.7. The molecule has 1 atom stereocenters. The van der Waals surface area contributed by atoms with Crippen LogP contribution in [0.5, 0.6) is 0 Å². The Bertz CT molecular complexity index is 161. The average Bonchev–Trinajstić information content (AvgIpc) is 2.45. The van der Waals surface area contributed by atoms with Crippen molar-refractivity contribution in [3.63, 3.8) is 0 Å². The van der Waals surface area contributed by atoms with Crippen LogP contribution < -0.4 is 0 Å². The molecule has 0 spiro atoms. The maximum Gasteiger partial charge on any atom is -0.0414 e.